The van der Waals surface area contributed by atoms with Crippen LogP contribution in [0.15, 0.2) is 18.2 Å². The van der Waals surface area contributed by atoms with E-state index in [9.17, 15) is 40.3 Å². The zero-order chi connectivity index (χ0) is 24.1. The van der Waals surface area contributed by atoms with Gasteiger partial charge in [0, 0.05) is 18.8 Å². The number of nitrogens with two attached hydrogens (primary N) is 1. The van der Waals surface area contributed by atoms with Crippen molar-refractivity contribution in [3.8, 4) is 0 Å². The van der Waals surface area contributed by atoms with Gasteiger partial charge >= 0.3 is 6.18 Å². The van der Waals surface area contributed by atoms with Gasteiger partial charge in [-0.15, -0.1) is 0 Å². The minimum Gasteiger partial charge on any atom is -0.370 e. The third-order valence-electron chi connectivity index (χ3n) is 4.56. The standard InChI is InChI=1S/C18H21F7N4O3/c19-14(20)7-28(8-15(21)22)13(6-26)17(31)27-10-1-2-12(11(5-10)18(23,24)25)29-3-4-32-9-16(29)30/h1-2,5,13-15H,3-4,6-9,26H2,(H,27,31)/t13-/m0/s1. The van der Waals surface area contributed by atoms with Gasteiger partial charge < -0.3 is 20.7 Å². The van der Waals surface area contributed by atoms with Gasteiger partial charge in [-0.3, -0.25) is 14.5 Å². The molecule has 0 saturated carbocycles. The molecule has 1 aliphatic rings. The number of alkyl halides is 7. The molecule has 7 nitrogen and oxygen atoms in total. The lowest BCUT2D eigenvalue weighted by atomic mass is 10.1. The molecule has 0 aromatic heterocycles. The minimum atomic E-state index is -4.90. The molecule has 0 aliphatic carbocycles. The average Bonchev–Trinajstić information content (AvgIpc) is 2.67. The van der Waals surface area contributed by atoms with E-state index >= 15 is 0 Å². The van der Waals surface area contributed by atoms with Crippen LogP contribution in [0.25, 0.3) is 0 Å². The van der Waals surface area contributed by atoms with Crippen LogP contribution in [0.3, 0.4) is 0 Å². The summed E-state index contributed by atoms with van der Waals surface area (Å²) < 4.78 is 96.7. The highest BCUT2D eigenvalue weighted by Gasteiger charge is 2.37. The van der Waals surface area contributed by atoms with Gasteiger partial charge in [0.05, 0.1) is 30.9 Å². The number of ether oxygens (including phenoxy) is 1. The Labute approximate surface area is 178 Å². The molecule has 0 bridgehead atoms. The number of benzene rings is 1. The number of nitrogens with one attached hydrogen (secondary N) is 1. The summed E-state index contributed by atoms with van der Waals surface area (Å²) in [7, 11) is 0. The SMILES string of the molecule is NC[C@@H](C(=O)Nc1ccc(N2CCOCC2=O)c(C(F)(F)F)c1)N(CC(F)F)CC(F)F. The molecule has 1 heterocycles. The Morgan fingerprint density at radius 3 is 2.31 bits per heavy atom. The van der Waals surface area contributed by atoms with E-state index in [2.05, 4.69) is 5.32 Å². The van der Waals surface area contributed by atoms with E-state index < -0.39 is 74.4 Å². The minimum absolute atomic E-state index is 0.0316. The number of morpholine rings is 1. The smallest absolute Gasteiger partial charge is 0.370 e. The molecule has 1 aromatic rings. The predicted octanol–water partition coefficient (Wildman–Crippen LogP) is 2.17. The van der Waals surface area contributed by atoms with Crippen molar-refractivity contribution in [2.45, 2.75) is 25.1 Å². The summed E-state index contributed by atoms with van der Waals surface area (Å²) in [4.78, 5) is 25.8. The number of hydrogen-bond donors (Lipinski definition) is 2. The molecule has 1 aromatic carbocycles. The Morgan fingerprint density at radius 1 is 1.19 bits per heavy atom. The molecule has 1 fully saturated rings. The molecule has 2 rings (SSSR count). The lowest BCUT2D eigenvalue weighted by Crippen LogP contribution is -2.51. The molecule has 14 heteroatoms. The molecule has 3 N–H and O–H groups in total. The van der Waals surface area contributed by atoms with Crippen molar-refractivity contribution in [2.75, 3.05) is 49.6 Å². The largest absolute Gasteiger partial charge is 0.418 e. The molecule has 0 spiro atoms. The van der Waals surface area contributed by atoms with Crippen LogP contribution in [0.5, 0.6) is 0 Å². The van der Waals surface area contributed by atoms with Crippen LogP contribution in [0.2, 0.25) is 0 Å². The van der Waals surface area contributed by atoms with Crippen LogP contribution in [0.4, 0.5) is 42.1 Å². The van der Waals surface area contributed by atoms with Gasteiger partial charge in [-0.05, 0) is 18.2 Å². The Kier molecular flexibility index (Phi) is 8.81. The van der Waals surface area contributed by atoms with Crippen LogP contribution < -0.4 is 16.0 Å². The fraction of sp³-hybridized carbons (Fsp3) is 0.556. The lowest BCUT2D eigenvalue weighted by Gasteiger charge is -2.30. The fourth-order valence-electron chi connectivity index (χ4n) is 3.18. The van der Waals surface area contributed by atoms with Crippen molar-refractivity contribution in [1.29, 1.82) is 0 Å². The maximum Gasteiger partial charge on any atom is 0.418 e. The van der Waals surface area contributed by atoms with Crippen LogP contribution in [-0.4, -0.2) is 75.0 Å². The molecular weight excluding hydrogens is 453 g/mol. The van der Waals surface area contributed by atoms with Crippen molar-refractivity contribution in [3.05, 3.63) is 23.8 Å². The number of anilines is 2. The van der Waals surface area contributed by atoms with Crippen molar-refractivity contribution in [1.82, 2.24) is 4.90 Å². The molecule has 0 unspecified atom stereocenters. The third kappa shape index (κ3) is 6.77. The average molecular weight is 474 g/mol. The maximum absolute atomic E-state index is 13.6. The molecular formula is C18H21F7N4O3. The van der Waals surface area contributed by atoms with Crippen LogP contribution >= 0.6 is 0 Å². The summed E-state index contributed by atoms with van der Waals surface area (Å²) >= 11 is 0. The molecule has 180 valence electrons. The molecule has 1 saturated heterocycles. The highest BCUT2D eigenvalue weighted by Crippen LogP contribution is 2.38. The van der Waals surface area contributed by atoms with E-state index in [-0.39, 0.29) is 18.8 Å². The Bertz CT molecular complexity index is 797. The van der Waals surface area contributed by atoms with Crippen LogP contribution in [0.1, 0.15) is 5.56 Å². The van der Waals surface area contributed by atoms with Crippen LogP contribution in [-0.2, 0) is 20.5 Å². The van der Waals surface area contributed by atoms with Gasteiger partial charge in [0.1, 0.15) is 12.6 Å². The Morgan fingerprint density at radius 2 is 1.81 bits per heavy atom. The summed E-state index contributed by atoms with van der Waals surface area (Å²) in [6.07, 6.45) is -11.0. The fourth-order valence-corrected chi connectivity index (χ4v) is 3.18. The molecule has 0 radical (unpaired) electrons. The Hall–Kier alpha value is -2.45. The van der Waals surface area contributed by atoms with Gasteiger partial charge in [0.2, 0.25) is 5.91 Å². The van der Waals surface area contributed by atoms with Crippen LogP contribution in [0, 0.1) is 0 Å². The number of nitrogens with zero attached hydrogens (tertiary/aromatic N) is 2. The van der Waals surface area contributed by atoms with Gasteiger partial charge in [-0.25, -0.2) is 17.6 Å². The first kappa shape index (κ1) is 25.8. The predicted molar refractivity (Wildman–Crippen MR) is 99.7 cm³/mol. The first-order valence-corrected chi connectivity index (χ1v) is 9.34. The number of carbonyl (C=O) groups is 2. The summed E-state index contributed by atoms with van der Waals surface area (Å²) in [5.41, 5.74) is 3.33. The highest BCUT2D eigenvalue weighted by atomic mass is 19.4. The van der Waals surface area contributed by atoms with E-state index in [4.69, 9.17) is 10.5 Å². The van der Waals surface area contributed by atoms with Crippen molar-refractivity contribution in [2.24, 2.45) is 5.73 Å². The number of amides is 2. The highest BCUT2D eigenvalue weighted by molar-refractivity contribution is 5.98. The summed E-state index contributed by atoms with van der Waals surface area (Å²) in [5, 5.41) is 2.10. The zero-order valence-electron chi connectivity index (χ0n) is 16.5. The lowest BCUT2D eigenvalue weighted by molar-refractivity contribution is -0.137. The maximum atomic E-state index is 13.6. The first-order chi connectivity index (χ1) is 14.9. The van der Waals surface area contributed by atoms with Gasteiger partial charge in [-0.1, -0.05) is 0 Å². The van der Waals surface area contributed by atoms with E-state index in [1.165, 1.54) is 0 Å². The van der Waals surface area contributed by atoms with Gasteiger partial charge in [0.15, 0.2) is 0 Å². The van der Waals surface area contributed by atoms with E-state index in [1.54, 1.807) is 0 Å². The van der Waals surface area contributed by atoms with E-state index in [1.807, 2.05) is 0 Å². The quantitative estimate of drug-likeness (QED) is 0.536. The van der Waals surface area contributed by atoms with Gasteiger partial charge in [-0.2, -0.15) is 13.2 Å². The number of rotatable bonds is 9. The monoisotopic (exact) mass is 474 g/mol. The zero-order valence-corrected chi connectivity index (χ0v) is 16.5. The van der Waals surface area contributed by atoms with Crippen molar-refractivity contribution >= 4 is 23.2 Å². The second-order valence-corrected chi connectivity index (χ2v) is 6.80. The first-order valence-electron chi connectivity index (χ1n) is 9.34. The molecule has 2 amide bonds. The summed E-state index contributed by atoms with van der Waals surface area (Å²) in [6, 6.07) is 0.972. The van der Waals surface area contributed by atoms with Gasteiger partial charge in [0.25, 0.3) is 18.8 Å². The molecule has 1 atom stereocenters. The molecule has 32 heavy (non-hydrogen) atoms. The number of halogens is 7. The normalized spacial score (nSPS) is 16.2. The number of hydrogen-bond acceptors (Lipinski definition) is 5. The van der Waals surface area contributed by atoms with Crippen molar-refractivity contribution < 1.29 is 45.1 Å². The Balaban J connectivity index is 2.30. The topological polar surface area (TPSA) is 87.9 Å². The third-order valence-corrected chi connectivity index (χ3v) is 4.56. The molecule has 1 aliphatic heterocycles. The van der Waals surface area contributed by atoms with E-state index in [0.717, 1.165) is 17.0 Å². The summed E-state index contributed by atoms with van der Waals surface area (Å²) in [6.45, 7) is -3.45. The second kappa shape index (κ2) is 10.9. The number of carbonyl (C=O) groups excluding carboxylic acids is 2. The van der Waals surface area contributed by atoms with E-state index in [0.29, 0.717) is 11.0 Å². The van der Waals surface area contributed by atoms with Crippen molar-refractivity contribution in [3.63, 3.8) is 0 Å². The second-order valence-electron chi connectivity index (χ2n) is 6.80. The summed E-state index contributed by atoms with van der Waals surface area (Å²) in [5.74, 6) is -1.81.